The van der Waals surface area contributed by atoms with Crippen LogP contribution in [0, 0.1) is 0 Å². The first-order valence-corrected chi connectivity index (χ1v) is 10.2. The van der Waals surface area contributed by atoms with Gasteiger partial charge in [0.15, 0.2) is 5.69 Å². The van der Waals surface area contributed by atoms with Crippen LogP contribution in [0.15, 0.2) is 60.7 Å². The Bertz CT molecular complexity index is 970. The Kier molecular flexibility index (Phi) is 6.49. The van der Waals surface area contributed by atoms with Gasteiger partial charge in [0.1, 0.15) is 5.82 Å². The molecule has 0 aliphatic heterocycles. The molecule has 0 bridgehead atoms. The van der Waals surface area contributed by atoms with Crippen molar-refractivity contribution in [3.63, 3.8) is 0 Å². The van der Waals surface area contributed by atoms with Crippen LogP contribution in [0.5, 0.6) is 0 Å². The molecule has 3 rings (SSSR count). The Morgan fingerprint density at radius 1 is 1.00 bits per heavy atom. The maximum absolute atomic E-state index is 12.5. The van der Waals surface area contributed by atoms with Crippen molar-refractivity contribution in [1.29, 1.82) is 0 Å². The number of benzene rings is 2. The first kappa shape index (κ1) is 19.7. The average molecular weight is 395 g/mol. The smallest absolute Gasteiger partial charge is 0.276 e. The number of hydrogen-bond acceptors (Lipinski definition) is 4. The van der Waals surface area contributed by atoms with E-state index in [-0.39, 0.29) is 23.9 Å². The third kappa shape index (κ3) is 5.23. The molecule has 2 aromatic carbocycles. The SMILES string of the molecule is CSCc1cccc(NC(=O)c2cc(NC(=O)Cc3ccccc3)n(C)n2)c1. The van der Waals surface area contributed by atoms with Gasteiger partial charge in [0, 0.05) is 24.6 Å². The van der Waals surface area contributed by atoms with Gasteiger partial charge in [0.25, 0.3) is 5.91 Å². The predicted octanol–water partition coefficient (Wildman–Crippen LogP) is 3.72. The van der Waals surface area contributed by atoms with E-state index >= 15 is 0 Å². The molecule has 1 aromatic heterocycles. The van der Waals surface area contributed by atoms with E-state index in [9.17, 15) is 9.59 Å². The predicted molar refractivity (Wildman–Crippen MR) is 114 cm³/mol. The van der Waals surface area contributed by atoms with Crippen LogP contribution in [-0.4, -0.2) is 27.9 Å². The monoisotopic (exact) mass is 394 g/mol. The van der Waals surface area contributed by atoms with Crippen LogP contribution in [0.4, 0.5) is 11.5 Å². The number of aryl methyl sites for hydroxylation is 1. The van der Waals surface area contributed by atoms with Gasteiger partial charge in [-0.05, 0) is 29.5 Å². The highest BCUT2D eigenvalue weighted by Crippen LogP contribution is 2.17. The van der Waals surface area contributed by atoms with Crippen LogP contribution in [0.3, 0.4) is 0 Å². The lowest BCUT2D eigenvalue weighted by Crippen LogP contribution is -2.16. The fourth-order valence-electron chi connectivity index (χ4n) is 2.76. The molecular weight excluding hydrogens is 372 g/mol. The fourth-order valence-corrected chi connectivity index (χ4v) is 3.28. The van der Waals surface area contributed by atoms with Gasteiger partial charge in [0.2, 0.25) is 5.91 Å². The minimum absolute atomic E-state index is 0.161. The first-order chi connectivity index (χ1) is 13.5. The lowest BCUT2D eigenvalue weighted by Gasteiger charge is -2.05. The van der Waals surface area contributed by atoms with E-state index in [0.717, 1.165) is 22.6 Å². The van der Waals surface area contributed by atoms with Crippen LogP contribution in [0.1, 0.15) is 21.6 Å². The fraction of sp³-hybridized carbons (Fsp3) is 0.190. The highest BCUT2D eigenvalue weighted by atomic mass is 32.2. The topological polar surface area (TPSA) is 76.0 Å². The second-order valence-electron chi connectivity index (χ2n) is 6.34. The number of amides is 2. The Morgan fingerprint density at radius 3 is 2.50 bits per heavy atom. The quantitative estimate of drug-likeness (QED) is 0.640. The number of hydrogen-bond donors (Lipinski definition) is 2. The summed E-state index contributed by atoms with van der Waals surface area (Å²) in [5.74, 6) is 0.874. The molecule has 0 atom stereocenters. The van der Waals surface area contributed by atoms with Crippen molar-refractivity contribution in [3.05, 3.63) is 77.5 Å². The standard InChI is InChI=1S/C21H22N4O2S/c1-25-19(23-20(26)12-15-7-4-3-5-8-15)13-18(24-25)21(27)22-17-10-6-9-16(11-17)14-28-2/h3-11,13H,12,14H2,1-2H3,(H,22,27)(H,23,26). The normalized spacial score (nSPS) is 10.5. The summed E-state index contributed by atoms with van der Waals surface area (Å²) in [6, 6.07) is 18.8. The number of carbonyl (C=O) groups excluding carboxylic acids is 2. The zero-order valence-electron chi connectivity index (χ0n) is 15.8. The molecule has 144 valence electrons. The van der Waals surface area contributed by atoms with Gasteiger partial charge in [-0.3, -0.25) is 14.3 Å². The maximum Gasteiger partial charge on any atom is 0.276 e. The molecule has 0 fully saturated rings. The number of carbonyl (C=O) groups is 2. The minimum Gasteiger partial charge on any atom is -0.321 e. The van der Waals surface area contributed by atoms with Crippen molar-refractivity contribution >= 4 is 35.1 Å². The second kappa shape index (κ2) is 9.23. The molecule has 3 aromatic rings. The molecule has 1 heterocycles. The number of aromatic nitrogens is 2. The van der Waals surface area contributed by atoms with E-state index in [1.54, 1.807) is 24.9 Å². The molecule has 28 heavy (non-hydrogen) atoms. The van der Waals surface area contributed by atoms with Crippen LogP contribution in [-0.2, 0) is 24.0 Å². The van der Waals surface area contributed by atoms with Crippen molar-refractivity contribution in [1.82, 2.24) is 9.78 Å². The molecule has 2 amide bonds. The molecule has 6 nitrogen and oxygen atoms in total. The number of thioether (sulfide) groups is 1. The summed E-state index contributed by atoms with van der Waals surface area (Å²) in [4.78, 5) is 24.8. The summed E-state index contributed by atoms with van der Waals surface area (Å²) < 4.78 is 1.49. The van der Waals surface area contributed by atoms with E-state index in [0.29, 0.717) is 5.82 Å². The first-order valence-electron chi connectivity index (χ1n) is 8.82. The van der Waals surface area contributed by atoms with Gasteiger partial charge in [-0.2, -0.15) is 16.9 Å². The van der Waals surface area contributed by atoms with E-state index in [1.807, 2.05) is 60.9 Å². The summed E-state index contributed by atoms with van der Waals surface area (Å²) in [6.07, 6.45) is 2.29. The molecule has 7 heteroatoms. The highest BCUT2D eigenvalue weighted by molar-refractivity contribution is 7.97. The van der Waals surface area contributed by atoms with E-state index < -0.39 is 0 Å². The maximum atomic E-state index is 12.5. The molecular formula is C21H22N4O2S. The summed E-state index contributed by atoms with van der Waals surface area (Å²) in [7, 11) is 1.69. The van der Waals surface area contributed by atoms with Crippen LogP contribution >= 0.6 is 11.8 Å². The molecule has 0 saturated carbocycles. The van der Waals surface area contributed by atoms with Gasteiger partial charge in [0.05, 0.1) is 6.42 Å². The lowest BCUT2D eigenvalue weighted by atomic mass is 10.1. The number of rotatable bonds is 7. The van der Waals surface area contributed by atoms with Crippen LogP contribution < -0.4 is 10.6 Å². The molecule has 2 N–H and O–H groups in total. The number of nitrogens with one attached hydrogen (secondary N) is 2. The van der Waals surface area contributed by atoms with Crippen LogP contribution in [0.25, 0.3) is 0 Å². The minimum atomic E-state index is -0.319. The summed E-state index contributed by atoms with van der Waals surface area (Å²) >= 11 is 1.72. The van der Waals surface area contributed by atoms with Crippen molar-refractivity contribution in [2.45, 2.75) is 12.2 Å². The van der Waals surface area contributed by atoms with Crippen LogP contribution in [0.2, 0.25) is 0 Å². The zero-order chi connectivity index (χ0) is 19.9. The summed E-state index contributed by atoms with van der Waals surface area (Å²) in [6.45, 7) is 0. The van der Waals surface area contributed by atoms with E-state index in [2.05, 4.69) is 15.7 Å². The molecule has 0 unspecified atom stereocenters. The van der Waals surface area contributed by atoms with Gasteiger partial charge < -0.3 is 10.6 Å². The van der Waals surface area contributed by atoms with Gasteiger partial charge in [-0.1, -0.05) is 42.5 Å². The van der Waals surface area contributed by atoms with Crippen molar-refractivity contribution < 1.29 is 9.59 Å². The Balaban J connectivity index is 1.65. The third-order valence-electron chi connectivity index (χ3n) is 4.08. The van der Waals surface area contributed by atoms with Crippen molar-refractivity contribution in [2.24, 2.45) is 7.05 Å². The van der Waals surface area contributed by atoms with Gasteiger partial charge in [-0.15, -0.1) is 0 Å². The number of anilines is 2. The number of nitrogens with zero attached hydrogens (tertiary/aromatic N) is 2. The molecule has 0 aliphatic carbocycles. The van der Waals surface area contributed by atoms with Crippen molar-refractivity contribution in [3.8, 4) is 0 Å². The Morgan fingerprint density at radius 2 is 1.75 bits per heavy atom. The largest absolute Gasteiger partial charge is 0.321 e. The Hall–Kier alpha value is -3.06. The molecule has 0 aliphatic rings. The summed E-state index contributed by atoms with van der Waals surface area (Å²) in [5, 5.41) is 9.87. The third-order valence-corrected chi connectivity index (χ3v) is 4.71. The highest BCUT2D eigenvalue weighted by Gasteiger charge is 2.15. The molecule has 0 saturated heterocycles. The lowest BCUT2D eigenvalue weighted by molar-refractivity contribution is -0.115. The Labute approximate surface area is 168 Å². The van der Waals surface area contributed by atoms with Gasteiger partial charge in [-0.25, -0.2) is 0 Å². The average Bonchev–Trinajstić information content (AvgIpc) is 3.04. The molecule has 0 radical (unpaired) electrons. The van der Waals surface area contributed by atoms with E-state index in [4.69, 9.17) is 0 Å². The second-order valence-corrected chi connectivity index (χ2v) is 7.20. The molecule has 0 spiro atoms. The van der Waals surface area contributed by atoms with E-state index in [1.165, 1.54) is 4.68 Å². The van der Waals surface area contributed by atoms with Crippen molar-refractivity contribution in [2.75, 3.05) is 16.9 Å². The summed E-state index contributed by atoms with van der Waals surface area (Å²) in [5.41, 5.74) is 3.02. The van der Waals surface area contributed by atoms with Gasteiger partial charge >= 0.3 is 0 Å². The zero-order valence-corrected chi connectivity index (χ0v) is 16.6.